The zero-order valence-corrected chi connectivity index (χ0v) is 19.8. The number of halogens is 4. The molecule has 1 aliphatic rings. The summed E-state index contributed by atoms with van der Waals surface area (Å²) in [6.45, 7) is 0.0901. The Kier molecular flexibility index (Phi) is 6.60. The van der Waals surface area contributed by atoms with Gasteiger partial charge in [0.05, 0.1) is 6.54 Å². The maximum Gasteiger partial charge on any atom is 0.253 e. The zero-order chi connectivity index (χ0) is 26.2. The van der Waals surface area contributed by atoms with Crippen LogP contribution in [0.3, 0.4) is 0 Å². The molecule has 1 saturated heterocycles. The van der Waals surface area contributed by atoms with Crippen molar-refractivity contribution in [3.63, 3.8) is 0 Å². The molecule has 1 aromatic heterocycles. The summed E-state index contributed by atoms with van der Waals surface area (Å²) in [4.78, 5) is 14.1. The lowest BCUT2D eigenvalue weighted by Crippen LogP contribution is -2.42. The maximum absolute atomic E-state index is 15.3. The van der Waals surface area contributed by atoms with Crippen LogP contribution in [0.2, 0.25) is 0 Å². The van der Waals surface area contributed by atoms with Crippen molar-refractivity contribution in [3.05, 3.63) is 95.8 Å². The second-order valence-electron chi connectivity index (χ2n) is 9.08. The summed E-state index contributed by atoms with van der Waals surface area (Å²) in [5, 5.41) is 0. The van der Waals surface area contributed by atoms with Crippen LogP contribution in [0, 0.1) is 11.6 Å². The molecule has 2 heterocycles. The molecule has 5 rings (SSSR count). The maximum atomic E-state index is 15.3. The predicted octanol–water partition coefficient (Wildman–Crippen LogP) is 6.89. The van der Waals surface area contributed by atoms with E-state index >= 15 is 4.39 Å². The topological polar surface area (TPSA) is 59.5 Å². The van der Waals surface area contributed by atoms with Crippen LogP contribution in [-0.2, 0) is 6.54 Å². The Labute approximate surface area is 211 Å². The summed E-state index contributed by atoms with van der Waals surface area (Å²) in [6.07, 6.45) is -0.805. The molecule has 0 radical (unpaired) electrons. The fourth-order valence-corrected chi connectivity index (χ4v) is 4.53. The number of rotatable bonds is 5. The van der Waals surface area contributed by atoms with E-state index in [0.29, 0.717) is 28.2 Å². The van der Waals surface area contributed by atoms with E-state index in [4.69, 9.17) is 10.2 Å². The minimum absolute atomic E-state index is 0.0731. The highest BCUT2D eigenvalue weighted by Crippen LogP contribution is 2.37. The second-order valence-corrected chi connectivity index (χ2v) is 9.08. The average molecular weight is 509 g/mol. The van der Waals surface area contributed by atoms with E-state index in [-0.39, 0.29) is 36.6 Å². The SMILES string of the molecule is NCc1ccc(-c2ccc(-c3ccc(C(=O)N4CCC(F)(F)CC4)cc3F)cc2-c2ccc(F)cc2)o1. The number of hydrogen-bond donors (Lipinski definition) is 1. The van der Waals surface area contributed by atoms with Gasteiger partial charge in [-0.3, -0.25) is 4.79 Å². The summed E-state index contributed by atoms with van der Waals surface area (Å²) >= 11 is 0. The van der Waals surface area contributed by atoms with Gasteiger partial charge in [-0.2, -0.15) is 0 Å². The second kappa shape index (κ2) is 9.86. The first-order valence-corrected chi connectivity index (χ1v) is 11.9. The van der Waals surface area contributed by atoms with Crippen LogP contribution in [0.25, 0.3) is 33.6 Å². The molecular formula is C29H24F4N2O2. The van der Waals surface area contributed by atoms with Gasteiger partial charge < -0.3 is 15.1 Å². The third kappa shape index (κ3) is 5.15. The monoisotopic (exact) mass is 508 g/mol. The van der Waals surface area contributed by atoms with Gasteiger partial charge in [0.25, 0.3) is 11.8 Å². The highest BCUT2D eigenvalue weighted by atomic mass is 19.3. The predicted molar refractivity (Wildman–Crippen MR) is 133 cm³/mol. The molecule has 1 aliphatic heterocycles. The lowest BCUT2D eigenvalue weighted by Gasteiger charge is -2.31. The minimum Gasteiger partial charge on any atom is -0.460 e. The largest absolute Gasteiger partial charge is 0.460 e. The molecule has 0 aliphatic carbocycles. The minimum atomic E-state index is -2.78. The number of nitrogens with two attached hydrogens (primary N) is 1. The summed E-state index contributed by atoms with van der Waals surface area (Å²) in [7, 11) is 0. The number of nitrogens with zero attached hydrogens (tertiary/aromatic N) is 1. The molecule has 190 valence electrons. The van der Waals surface area contributed by atoms with Gasteiger partial charge in [0, 0.05) is 42.6 Å². The number of carbonyl (C=O) groups is 1. The smallest absolute Gasteiger partial charge is 0.253 e. The quantitative estimate of drug-likeness (QED) is 0.299. The molecule has 0 spiro atoms. The molecule has 4 aromatic rings. The molecule has 1 amide bonds. The first-order valence-electron chi connectivity index (χ1n) is 11.9. The number of benzene rings is 3. The Morgan fingerprint density at radius 3 is 2.16 bits per heavy atom. The third-order valence-corrected chi connectivity index (χ3v) is 6.61. The molecule has 0 bridgehead atoms. The van der Waals surface area contributed by atoms with Crippen molar-refractivity contribution in [2.45, 2.75) is 25.3 Å². The fourth-order valence-electron chi connectivity index (χ4n) is 4.53. The van der Waals surface area contributed by atoms with Crippen LogP contribution in [0.5, 0.6) is 0 Å². The van der Waals surface area contributed by atoms with Crippen LogP contribution < -0.4 is 5.73 Å². The van der Waals surface area contributed by atoms with Crippen LogP contribution >= 0.6 is 0 Å². The molecule has 3 aromatic carbocycles. The van der Waals surface area contributed by atoms with E-state index in [1.165, 1.54) is 29.2 Å². The first kappa shape index (κ1) is 24.8. The highest BCUT2D eigenvalue weighted by molar-refractivity contribution is 5.95. The van der Waals surface area contributed by atoms with Crippen molar-refractivity contribution in [1.82, 2.24) is 4.90 Å². The number of carbonyl (C=O) groups excluding carboxylic acids is 1. The van der Waals surface area contributed by atoms with E-state index in [0.717, 1.165) is 11.6 Å². The number of furan rings is 1. The van der Waals surface area contributed by atoms with Gasteiger partial charge in [-0.1, -0.05) is 24.3 Å². The van der Waals surface area contributed by atoms with Gasteiger partial charge in [-0.25, -0.2) is 17.6 Å². The summed E-state index contributed by atoms with van der Waals surface area (Å²) in [6, 6.07) is 19.0. The van der Waals surface area contributed by atoms with Crippen LogP contribution in [0.4, 0.5) is 17.6 Å². The Balaban J connectivity index is 1.50. The number of hydrogen-bond acceptors (Lipinski definition) is 3. The number of likely N-dealkylation sites (tertiary alicyclic amines) is 1. The van der Waals surface area contributed by atoms with E-state index in [9.17, 15) is 18.0 Å². The Bertz CT molecular complexity index is 1440. The Hall–Kier alpha value is -3.91. The lowest BCUT2D eigenvalue weighted by molar-refractivity contribution is -0.0494. The number of amides is 1. The fraction of sp³-hybridized carbons (Fsp3) is 0.207. The molecule has 0 saturated carbocycles. The molecule has 0 atom stereocenters. The van der Waals surface area contributed by atoms with E-state index in [1.54, 1.807) is 42.5 Å². The molecule has 8 heteroatoms. The van der Waals surface area contributed by atoms with Gasteiger partial charge in [-0.05, 0) is 65.2 Å². The molecular weight excluding hydrogens is 484 g/mol. The molecule has 4 nitrogen and oxygen atoms in total. The van der Waals surface area contributed by atoms with Gasteiger partial charge in [-0.15, -0.1) is 0 Å². The first-order chi connectivity index (χ1) is 17.7. The third-order valence-electron chi connectivity index (χ3n) is 6.61. The van der Waals surface area contributed by atoms with Crippen LogP contribution in [0.15, 0.2) is 77.2 Å². The Morgan fingerprint density at radius 2 is 1.51 bits per heavy atom. The molecule has 1 fully saturated rings. The molecule has 37 heavy (non-hydrogen) atoms. The van der Waals surface area contributed by atoms with Crippen molar-refractivity contribution in [1.29, 1.82) is 0 Å². The Morgan fingerprint density at radius 1 is 0.838 bits per heavy atom. The summed E-state index contributed by atoms with van der Waals surface area (Å²) < 4.78 is 61.6. The van der Waals surface area contributed by atoms with E-state index < -0.39 is 30.5 Å². The van der Waals surface area contributed by atoms with E-state index in [1.807, 2.05) is 0 Å². The molecule has 0 unspecified atom stereocenters. The van der Waals surface area contributed by atoms with Gasteiger partial charge in [0.1, 0.15) is 23.2 Å². The zero-order valence-electron chi connectivity index (χ0n) is 19.8. The summed E-state index contributed by atoms with van der Waals surface area (Å²) in [5.74, 6) is -3.07. The van der Waals surface area contributed by atoms with Crippen molar-refractivity contribution < 1.29 is 26.8 Å². The average Bonchev–Trinajstić information content (AvgIpc) is 3.38. The van der Waals surface area contributed by atoms with Gasteiger partial charge in [0.2, 0.25) is 0 Å². The van der Waals surface area contributed by atoms with Crippen LogP contribution in [0.1, 0.15) is 29.0 Å². The number of piperidine rings is 1. The van der Waals surface area contributed by atoms with Crippen LogP contribution in [-0.4, -0.2) is 29.8 Å². The number of alkyl halides is 2. The lowest BCUT2D eigenvalue weighted by atomic mass is 9.93. The highest BCUT2D eigenvalue weighted by Gasteiger charge is 2.35. The van der Waals surface area contributed by atoms with Crippen molar-refractivity contribution in [2.75, 3.05) is 13.1 Å². The van der Waals surface area contributed by atoms with Crippen molar-refractivity contribution in [3.8, 4) is 33.6 Å². The van der Waals surface area contributed by atoms with Crippen molar-refractivity contribution >= 4 is 5.91 Å². The van der Waals surface area contributed by atoms with Crippen molar-refractivity contribution in [2.24, 2.45) is 5.73 Å². The van der Waals surface area contributed by atoms with Gasteiger partial charge >= 0.3 is 0 Å². The molecule has 2 N–H and O–H groups in total. The normalized spacial score (nSPS) is 15.1. The van der Waals surface area contributed by atoms with Gasteiger partial charge in [0.15, 0.2) is 0 Å². The standard InChI is InChI=1S/C29H24F4N2O2/c30-21-5-1-18(2-6-21)25-15-19(3-9-24(25)27-10-7-22(17-34)37-27)23-8-4-20(16-26(23)31)28(36)35-13-11-29(32,33)12-14-35/h1-10,15-16H,11-14,17,34H2. The van der Waals surface area contributed by atoms with E-state index in [2.05, 4.69) is 0 Å². The summed E-state index contributed by atoms with van der Waals surface area (Å²) in [5.41, 5.74) is 8.72.